The molecule has 4 nitrogen and oxygen atoms in total. The van der Waals surface area contributed by atoms with E-state index in [1.54, 1.807) is 0 Å². The summed E-state index contributed by atoms with van der Waals surface area (Å²) in [6.07, 6.45) is 7.04. The Balaban J connectivity index is 2.41. The minimum absolute atomic E-state index is 0.292. The van der Waals surface area contributed by atoms with E-state index in [1.165, 1.54) is 0 Å². The third-order valence-corrected chi connectivity index (χ3v) is 4.03. The molecule has 88 valence electrons. The van der Waals surface area contributed by atoms with E-state index in [4.69, 9.17) is 0 Å². The molecule has 2 rings (SSSR count). The molecule has 1 atom stereocenters. The van der Waals surface area contributed by atoms with Crippen molar-refractivity contribution in [3.8, 4) is 24.3 Å². The van der Waals surface area contributed by atoms with Crippen molar-refractivity contribution in [3.05, 3.63) is 12.2 Å². The van der Waals surface area contributed by atoms with Crippen LogP contribution in [0.4, 0.5) is 0 Å². The summed E-state index contributed by atoms with van der Waals surface area (Å²) in [5, 5.41) is 37.2. The van der Waals surface area contributed by atoms with Gasteiger partial charge >= 0.3 is 0 Å². The monoisotopic (exact) mass is 236 g/mol. The first-order valence-electron chi connectivity index (χ1n) is 6.01. The molecule has 18 heavy (non-hydrogen) atoms. The van der Waals surface area contributed by atoms with Crippen LogP contribution in [-0.4, -0.2) is 0 Å². The molecule has 2 saturated carbocycles. The van der Waals surface area contributed by atoms with Crippen molar-refractivity contribution in [2.24, 2.45) is 22.7 Å². The SMILES string of the molecule is N#CC1(C#N)CCC(/C=C\C2CC2)C1(C#N)C#N. The highest BCUT2D eigenvalue weighted by molar-refractivity contribution is 5.40. The molecule has 0 amide bonds. The van der Waals surface area contributed by atoms with Gasteiger partial charge in [0.25, 0.3) is 0 Å². The summed E-state index contributed by atoms with van der Waals surface area (Å²) < 4.78 is 0. The van der Waals surface area contributed by atoms with Crippen molar-refractivity contribution < 1.29 is 0 Å². The van der Waals surface area contributed by atoms with Gasteiger partial charge in [-0.1, -0.05) is 12.2 Å². The average molecular weight is 236 g/mol. The van der Waals surface area contributed by atoms with E-state index in [0.717, 1.165) is 12.8 Å². The van der Waals surface area contributed by atoms with Gasteiger partial charge in [0.2, 0.25) is 0 Å². The Morgan fingerprint density at radius 2 is 1.44 bits per heavy atom. The van der Waals surface area contributed by atoms with E-state index < -0.39 is 10.8 Å². The lowest BCUT2D eigenvalue weighted by molar-refractivity contribution is 0.316. The van der Waals surface area contributed by atoms with Gasteiger partial charge in [-0.05, 0) is 31.6 Å². The van der Waals surface area contributed by atoms with Crippen molar-refractivity contribution in [1.82, 2.24) is 0 Å². The predicted molar refractivity (Wildman–Crippen MR) is 61.9 cm³/mol. The summed E-state index contributed by atoms with van der Waals surface area (Å²) in [6, 6.07) is 7.74. The largest absolute Gasteiger partial charge is 0.196 e. The first-order valence-corrected chi connectivity index (χ1v) is 6.01. The fourth-order valence-electron chi connectivity index (χ4n) is 2.62. The molecule has 0 saturated heterocycles. The molecule has 0 spiro atoms. The van der Waals surface area contributed by atoms with E-state index in [-0.39, 0.29) is 5.92 Å². The molecule has 2 aliphatic carbocycles. The van der Waals surface area contributed by atoms with Gasteiger partial charge in [-0.25, -0.2) is 0 Å². The highest BCUT2D eigenvalue weighted by Gasteiger charge is 2.62. The molecule has 0 heterocycles. The lowest BCUT2D eigenvalue weighted by Gasteiger charge is -2.26. The maximum Gasteiger partial charge on any atom is 0.181 e. The topological polar surface area (TPSA) is 95.2 Å². The van der Waals surface area contributed by atoms with Gasteiger partial charge in [0.15, 0.2) is 10.8 Å². The second-order valence-corrected chi connectivity index (χ2v) is 5.03. The van der Waals surface area contributed by atoms with E-state index in [9.17, 15) is 21.0 Å². The van der Waals surface area contributed by atoms with Crippen molar-refractivity contribution >= 4 is 0 Å². The fraction of sp³-hybridized carbons (Fsp3) is 0.571. The summed E-state index contributed by atoms with van der Waals surface area (Å²) in [4.78, 5) is 0. The molecule has 0 aromatic rings. The van der Waals surface area contributed by atoms with Gasteiger partial charge in [-0.3, -0.25) is 0 Å². The third kappa shape index (κ3) is 1.48. The van der Waals surface area contributed by atoms with Crippen molar-refractivity contribution in [3.63, 3.8) is 0 Å². The first kappa shape index (κ1) is 12.2. The second kappa shape index (κ2) is 4.18. The van der Waals surface area contributed by atoms with Crippen LogP contribution >= 0.6 is 0 Å². The molecule has 4 heteroatoms. The van der Waals surface area contributed by atoms with Crippen molar-refractivity contribution in [2.75, 3.05) is 0 Å². The Hall–Kier alpha value is -2.30. The average Bonchev–Trinajstić information content (AvgIpc) is 3.18. The highest BCUT2D eigenvalue weighted by Crippen LogP contribution is 2.56. The minimum Gasteiger partial charge on any atom is -0.196 e. The Morgan fingerprint density at radius 3 is 1.89 bits per heavy atom. The molecular formula is C14H12N4. The fourth-order valence-corrected chi connectivity index (χ4v) is 2.62. The van der Waals surface area contributed by atoms with Crippen LogP contribution in [0.2, 0.25) is 0 Å². The third-order valence-electron chi connectivity index (χ3n) is 4.03. The number of nitrogens with zero attached hydrogens (tertiary/aromatic N) is 4. The molecule has 0 aromatic heterocycles. The van der Waals surface area contributed by atoms with E-state index >= 15 is 0 Å². The van der Waals surface area contributed by atoms with Crippen molar-refractivity contribution in [1.29, 1.82) is 21.0 Å². The van der Waals surface area contributed by atoms with Crippen LogP contribution in [0.1, 0.15) is 25.7 Å². The maximum atomic E-state index is 9.36. The van der Waals surface area contributed by atoms with Crippen LogP contribution in [0, 0.1) is 68.0 Å². The first-order chi connectivity index (χ1) is 8.68. The smallest absolute Gasteiger partial charge is 0.181 e. The van der Waals surface area contributed by atoms with Crippen LogP contribution in [0.25, 0.3) is 0 Å². The molecule has 0 aliphatic heterocycles. The quantitative estimate of drug-likeness (QED) is 0.688. The Labute approximate surface area is 106 Å². The summed E-state index contributed by atoms with van der Waals surface area (Å²) in [5.74, 6) is 0.242. The summed E-state index contributed by atoms with van der Waals surface area (Å²) in [6.45, 7) is 0. The van der Waals surface area contributed by atoms with E-state index in [0.29, 0.717) is 18.8 Å². The number of hydrogen-bond donors (Lipinski definition) is 0. The van der Waals surface area contributed by atoms with Gasteiger partial charge in [0, 0.05) is 5.92 Å². The standard InChI is InChI=1S/C14H12N4/c15-7-13(8-16)6-5-12(4-3-11-1-2-11)14(13,9-17)10-18/h3-4,11-12H,1-2,5-6H2/b4-3-. The second-order valence-electron chi connectivity index (χ2n) is 5.03. The lowest BCUT2D eigenvalue weighted by Crippen LogP contribution is -2.36. The van der Waals surface area contributed by atoms with Crippen LogP contribution in [0.15, 0.2) is 12.2 Å². The van der Waals surface area contributed by atoms with E-state index in [1.807, 2.05) is 36.4 Å². The lowest BCUT2D eigenvalue weighted by atomic mass is 9.65. The predicted octanol–water partition coefficient (Wildman–Crippen LogP) is 2.43. The van der Waals surface area contributed by atoms with E-state index in [2.05, 4.69) is 0 Å². The summed E-state index contributed by atoms with van der Waals surface area (Å²) in [7, 11) is 0. The van der Waals surface area contributed by atoms with Crippen LogP contribution < -0.4 is 0 Å². The summed E-state index contributed by atoms with van der Waals surface area (Å²) >= 11 is 0. The zero-order chi connectivity index (χ0) is 13.2. The Kier molecular flexibility index (Phi) is 2.82. The number of nitriles is 4. The Morgan fingerprint density at radius 1 is 0.833 bits per heavy atom. The molecule has 0 bridgehead atoms. The van der Waals surface area contributed by atoms with Gasteiger partial charge in [-0.2, -0.15) is 21.0 Å². The number of hydrogen-bond acceptors (Lipinski definition) is 4. The van der Waals surface area contributed by atoms with Crippen molar-refractivity contribution in [2.45, 2.75) is 25.7 Å². The zero-order valence-corrected chi connectivity index (χ0v) is 9.93. The van der Waals surface area contributed by atoms with Crippen LogP contribution in [0.3, 0.4) is 0 Å². The normalized spacial score (nSPS) is 27.9. The molecule has 1 unspecified atom stereocenters. The molecule has 0 radical (unpaired) electrons. The van der Waals surface area contributed by atoms with Gasteiger partial charge in [0.05, 0.1) is 24.3 Å². The van der Waals surface area contributed by atoms with Gasteiger partial charge in [-0.15, -0.1) is 0 Å². The highest BCUT2D eigenvalue weighted by atomic mass is 14.6. The summed E-state index contributed by atoms with van der Waals surface area (Å²) in [5.41, 5.74) is -3.02. The molecule has 0 N–H and O–H groups in total. The van der Waals surface area contributed by atoms with Gasteiger partial charge < -0.3 is 0 Å². The molecule has 2 aliphatic rings. The molecule has 0 aromatic carbocycles. The minimum atomic E-state index is -1.53. The van der Waals surface area contributed by atoms with Gasteiger partial charge in [0.1, 0.15) is 0 Å². The maximum absolute atomic E-state index is 9.36. The van der Waals surface area contributed by atoms with Crippen LogP contribution in [0.5, 0.6) is 0 Å². The zero-order valence-electron chi connectivity index (χ0n) is 9.93. The Bertz CT molecular complexity index is 514. The van der Waals surface area contributed by atoms with Crippen LogP contribution in [-0.2, 0) is 0 Å². The molecule has 2 fully saturated rings. The number of rotatable bonds is 2. The number of allylic oxidation sites excluding steroid dienone is 2. The molecular weight excluding hydrogens is 224 g/mol.